The van der Waals surface area contributed by atoms with E-state index < -0.39 is 0 Å². The largest absolute Gasteiger partial charge is 0.365 e. The van der Waals surface area contributed by atoms with Crippen LogP contribution in [0, 0.1) is 6.92 Å². The molecule has 2 aromatic heterocycles. The molecular formula is C25H26N4OS. The van der Waals surface area contributed by atoms with Gasteiger partial charge in [0.1, 0.15) is 16.5 Å². The molecule has 158 valence electrons. The second-order valence-electron chi connectivity index (χ2n) is 7.56. The minimum Gasteiger partial charge on any atom is -0.365 e. The zero-order chi connectivity index (χ0) is 21.8. The Labute approximate surface area is 186 Å². The summed E-state index contributed by atoms with van der Waals surface area (Å²) in [5.74, 6) is 1.55. The number of rotatable bonds is 7. The van der Waals surface area contributed by atoms with Crippen molar-refractivity contribution in [3.05, 3.63) is 88.1 Å². The maximum Gasteiger partial charge on any atom is 0.251 e. The van der Waals surface area contributed by atoms with Gasteiger partial charge in [0.2, 0.25) is 0 Å². The highest BCUT2D eigenvalue weighted by Gasteiger charge is 2.12. The molecule has 6 heteroatoms. The van der Waals surface area contributed by atoms with E-state index in [-0.39, 0.29) is 11.9 Å². The average Bonchev–Trinajstić information content (AvgIpc) is 3.21. The molecule has 1 amide bonds. The van der Waals surface area contributed by atoms with E-state index in [2.05, 4.69) is 33.6 Å². The maximum absolute atomic E-state index is 12.6. The van der Waals surface area contributed by atoms with E-state index in [1.54, 1.807) is 11.3 Å². The van der Waals surface area contributed by atoms with Gasteiger partial charge < -0.3 is 10.6 Å². The summed E-state index contributed by atoms with van der Waals surface area (Å²) < 4.78 is 0. The number of amides is 1. The van der Waals surface area contributed by atoms with Gasteiger partial charge in [-0.3, -0.25) is 4.79 Å². The molecule has 0 aliphatic carbocycles. The van der Waals surface area contributed by atoms with Crippen LogP contribution in [-0.4, -0.2) is 15.9 Å². The Morgan fingerprint density at radius 2 is 1.81 bits per heavy atom. The summed E-state index contributed by atoms with van der Waals surface area (Å²) in [5, 5.41) is 7.56. The van der Waals surface area contributed by atoms with Crippen LogP contribution < -0.4 is 10.6 Å². The molecular weight excluding hydrogens is 404 g/mol. The number of carbonyl (C=O) groups excluding carboxylic acids is 1. The van der Waals surface area contributed by atoms with Crippen LogP contribution in [0.5, 0.6) is 0 Å². The van der Waals surface area contributed by atoms with Crippen molar-refractivity contribution in [1.29, 1.82) is 0 Å². The van der Waals surface area contributed by atoms with E-state index in [1.807, 2.05) is 68.4 Å². The highest BCUT2D eigenvalue weighted by Crippen LogP contribution is 2.29. The normalized spacial score (nSPS) is 12.0. The van der Waals surface area contributed by atoms with Gasteiger partial charge in [-0.1, -0.05) is 49.4 Å². The molecule has 0 saturated carbocycles. The van der Waals surface area contributed by atoms with Gasteiger partial charge in [-0.05, 0) is 49.6 Å². The van der Waals surface area contributed by atoms with E-state index in [1.165, 1.54) is 4.88 Å². The van der Waals surface area contributed by atoms with Crippen molar-refractivity contribution in [2.45, 2.75) is 39.8 Å². The molecule has 4 rings (SSSR count). The van der Waals surface area contributed by atoms with E-state index in [0.29, 0.717) is 12.1 Å². The molecule has 0 spiro atoms. The van der Waals surface area contributed by atoms with E-state index in [0.717, 1.165) is 39.4 Å². The van der Waals surface area contributed by atoms with Crippen LogP contribution in [0.2, 0.25) is 0 Å². The van der Waals surface area contributed by atoms with Gasteiger partial charge in [0.05, 0.1) is 11.4 Å². The number of nitrogens with one attached hydrogen (secondary N) is 2. The number of hydrogen-bond acceptors (Lipinski definition) is 5. The topological polar surface area (TPSA) is 66.9 Å². The molecule has 0 aliphatic rings. The fourth-order valence-corrected chi connectivity index (χ4v) is 4.46. The predicted molar refractivity (Wildman–Crippen MR) is 128 cm³/mol. The van der Waals surface area contributed by atoms with Gasteiger partial charge in [-0.15, -0.1) is 11.3 Å². The Bertz CT molecular complexity index is 1190. The summed E-state index contributed by atoms with van der Waals surface area (Å²) in [7, 11) is 0. The first kappa shape index (κ1) is 21.0. The third-order valence-corrected chi connectivity index (χ3v) is 6.40. The molecule has 1 atom stereocenters. The lowest BCUT2D eigenvalue weighted by Crippen LogP contribution is -2.26. The fourth-order valence-electron chi connectivity index (χ4n) is 3.45. The first-order valence-electron chi connectivity index (χ1n) is 10.5. The zero-order valence-electron chi connectivity index (χ0n) is 18.0. The standard InChI is InChI=1S/C25H26N4OS/c1-4-21-14-22-23(28-17(3)29-25(22)31-21)26-15-18-10-12-20(13-11-18)24(30)27-16(2)19-8-6-5-7-9-19/h5-14,16H,4,15H2,1-3H3,(H,27,30)(H,26,28,29). The van der Waals surface area contributed by atoms with Gasteiger partial charge in [0.15, 0.2) is 0 Å². The molecule has 2 aromatic carbocycles. The Morgan fingerprint density at radius 1 is 1.06 bits per heavy atom. The number of nitrogens with zero attached hydrogens (tertiary/aromatic N) is 2. The third kappa shape index (κ3) is 4.91. The fraction of sp³-hybridized carbons (Fsp3) is 0.240. The molecule has 4 aromatic rings. The number of anilines is 1. The summed E-state index contributed by atoms with van der Waals surface area (Å²) in [6.45, 7) is 6.69. The van der Waals surface area contributed by atoms with Gasteiger partial charge in [0, 0.05) is 17.0 Å². The van der Waals surface area contributed by atoms with Crippen LogP contribution in [0.4, 0.5) is 5.82 Å². The molecule has 2 N–H and O–H groups in total. The molecule has 0 fully saturated rings. The van der Waals surface area contributed by atoms with Crippen molar-refractivity contribution >= 4 is 33.3 Å². The van der Waals surface area contributed by atoms with Crippen LogP contribution in [-0.2, 0) is 13.0 Å². The average molecular weight is 431 g/mol. The van der Waals surface area contributed by atoms with Crippen molar-refractivity contribution in [3.8, 4) is 0 Å². The molecule has 31 heavy (non-hydrogen) atoms. The Balaban J connectivity index is 1.42. The highest BCUT2D eigenvalue weighted by molar-refractivity contribution is 7.18. The molecule has 0 radical (unpaired) electrons. The van der Waals surface area contributed by atoms with E-state index in [4.69, 9.17) is 0 Å². The van der Waals surface area contributed by atoms with E-state index >= 15 is 0 Å². The minimum atomic E-state index is -0.0747. The summed E-state index contributed by atoms with van der Waals surface area (Å²) in [6.07, 6.45) is 0.992. The zero-order valence-corrected chi connectivity index (χ0v) is 18.8. The van der Waals surface area contributed by atoms with E-state index in [9.17, 15) is 4.79 Å². The number of hydrogen-bond donors (Lipinski definition) is 2. The lowest BCUT2D eigenvalue weighted by atomic mass is 10.1. The van der Waals surface area contributed by atoms with Gasteiger partial charge in [-0.25, -0.2) is 9.97 Å². The van der Waals surface area contributed by atoms with Crippen molar-refractivity contribution in [2.75, 3.05) is 5.32 Å². The quantitative estimate of drug-likeness (QED) is 0.397. The number of benzene rings is 2. The second-order valence-corrected chi connectivity index (χ2v) is 8.68. The maximum atomic E-state index is 12.6. The number of carbonyl (C=O) groups is 1. The second kappa shape index (κ2) is 9.27. The third-order valence-electron chi connectivity index (χ3n) is 5.23. The monoisotopic (exact) mass is 430 g/mol. The van der Waals surface area contributed by atoms with Crippen LogP contribution >= 0.6 is 11.3 Å². The summed E-state index contributed by atoms with van der Waals surface area (Å²) in [5.41, 5.74) is 2.82. The van der Waals surface area contributed by atoms with Crippen LogP contribution in [0.15, 0.2) is 60.7 Å². The van der Waals surface area contributed by atoms with Gasteiger partial charge >= 0.3 is 0 Å². The first-order valence-corrected chi connectivity index (χ1v) is 11.3. The SMILES string of the molecule is CCc1cc2c(NCc3ccc(C(=O)NC(C)c4ccccc4)cc3)nc(C)nc2s1. The molecule has 0 aliphatic heterocycles. The lowest BCUT2D eigenvalue weighted by Gasteiger charge is -2.14. The molecule has 0 saturated heterocycles. The Morgan fingerprint density at radius 3 is 2.52 bits per heavy atom. The number of fused-ring (bicyclic) bond motifs is 1. The van der Waals surface area contributed by atoms with Crippen LogP contribution in [0.25, 0.3) is 10.2 Å². The number of thiophene rings is 1. The molecule has 1 unspecified atom stereocenters. The van der Waals surface area contributed by atoms with Crippen LogP contribution in [0.3, 0.4) is 0 Å². The van der Waals surface area contributed by atoms with Crippen molar-refractivity contribution in [3.63, 3.8) is 0 Å². The van der Waals surface area contributed by atoms with Gasteiger partial charge in [0.25, 0.3) is 5.91 Å². The van der Waals surface area contributed by atoms with Crippen LogP contribution in [0.1, 0.15) is 52.1 Å². The lowest BCUT2D eigenvalue weighted by molar-refractivity contribution is 0.0940. The molecule has 0 bridgehead atoms. The molecule has 2 heterocycles. The van der Waals surface area contributed by atoms with Gasteiger partial charge in [-0.2, -0.15) is 0 Å². The first-order chi connectivity index (χ1) is 15.0. The summed E-state index contributed by atoms with van der Waals surface area (Å²) in [6, 6.07) is 19.8. The van der Waals surface area contributed by atoms with Crippen molar-refractivity contribution in [2.24, 2.45) is 0 Å². The van der Waals surface area contributed by atoms with Crippen molar-refractivity contribution in [1.82, 2.24) is 15.3 Å². The Hall–Kier alpha value is -3.25. The number of aryl methyl sites for hydroxylation is 2. The predicted octanol–water partition coefficient (Wildman–Crippen LogP) is 5.67. The molecule has 5 nitrogen and oxygen atoms in total. The summed E-state index contributed by atoms with van der Waals surface area (Å²) in [4.78, 5) is 24.1. The van der Waals surface area contributed by atoms with Crippen molar-refractivity contribution < 1.29 is 4.79 Å². The minimum absolute atomic E-state index is 0.0444. The smallest absolute Gasteiger partial charge is 0.251 e. The number of aromatic nitrogens is 2. The highest BCUT2D eigenvalue weighted by atomic mass is 32.1. The summed E-state index contributed by atoms with van der Waals surface area (Å²) >= 11 is 1.72. The Kier molecular flexibility index (Phi) is 6.28.